The first-order chi connectivity index (χ1) is 15.6. The Balaban J connectivity index is 1.75. The summed E-state index contributed by atoms with van der Waals surface area (Å²) >= 11 is 0. The molecule has 33 heavy (non-hydrogen) atoms. The molecule has 2 aromatic carbocycles. The van der Waals surface area contributed by atoms with Crippen LogP contribution in [0.1, 0.15) is 26.3 Å². The van der Waals surface area contributed by atoms with E-state index in [0.717, 1.165) is 22.6 Å². The fourth-order valence-corrected chi connectivity index (χ4v) is 3.96. The first-order valence-corrected chi connectivity index (χ1v) is 11.5. The summed E-state index contributed by atoms with van der Waals surface area (Å²) in [6.45, 7) is 7.86. The van der Waals surface area contributed by atoms with Gasteiger partial charge in [0.1, 0.15) is 23.1 Å². The van der Waals surface area contributed by atoms with Crippen molar-refractivity contribution in [3.8, 4) is 0 Å². The predicted molar refractivity (Wildman–Crippen MR) is 137 cm³/mol. The van der Waals surface area contributed by atoms with Gasteiger partial charge < -0.3 is 16.4 Å². The molecule has 1 heterocycles. The van der Waals surface area contributed by atoms with Gasteiger partial charge in [-0.05, 0) is 70.2 Å². The molecule has 0 aliphatic carbocycles. The van der Waals surface area contributed by atoms with Crippen molar-refractivity contribution in [2.45, 2.75) is 38.1 Å². The van der Waals surface area contributed by atoms with Crippen LogP contribution in [-0.4, -0.2) is 33.1 Å². The minimum Gasteiger partial charge on any atom is -0.388 e. The summed E-state index contributed by atoms with van der Waals surface area (Å²) in [6.07, 6.45) is 2.99. The van der Waals surface area contributed by atoms with Crippen LogP contribution in [0.5, 0.6) is 0 Å². The second-order valence-corrected chi connectivity index (χ2v) is 9.67. The zero-order valence-corrected chi connectivity index (χ0v) is 20.3. The molecule has 0 saturated carbocycles. The molecule has 0 fully saturated rings. The van der Waals surface area contributed by atoms with Crippen LogP contribution in [0, 0.1) is 6.92 Å². The fraction of sp³-hybridized carbons (Fsp3) is 0.261. The molecule has 3 rings (SSSR count). The minimum absolute atomic E-state index is 0.261. The second kappa shape index (κ2) is 10.4. The van der Waals surface area contributed by atoms with Gasteiger partial charge in [-0.25, -0.2) is 13.9 Å². The van der Waals surface area contributed by atoms with Crippen molar-refractivity contribution in [3.05, 3.63) is 60.3 Å². The van der Waals surface area contributed by atoms with Crippen LogP contribution in [0.25, 0.3) is 0 Å². The number of hydrazone groups is 1. The van der Waals surface area contributed by atoms with Gasteiger partial charge in [0.15, 0.2) is 0 Å². The molecule has 174 valence electrons. The van der Waals surface area contributed by atoms with Crippen molar-refractivity contribution >= 4 is 46.2 Å². The molecule has 0 spiro atoms. The molecule has 0 amide bonds. The fourth-order valence-electron chi connectivity index (χ4n) is 2.85. The van der Waals surface area contributed by atoms with E-state index in [4.69, 9.17) is 5.73 Å². The van der Waals surface area contributed by atoms with Gasteiger partial charge in [-0.3, -0.25) is 5.01 Å². The average molecular weight is 467 g/mol. The third-order valence-corrected chi connectivity index (χ3v) is 5.90. The highest BCUT2D eigenvalue weighted by Crippen LogP contribution is 2.24. The smallest absolute Gasteiger partial charge is 0.229 e. The maximum absolute atomic E-state index is 12.6. The second-order valence-electron chi connectivity index (χ2n) is 8.46. The van der Waals surface area contributed by atoms with Crippen molar-refractivity contribution in [2.24, 2.45) is 10.8 Å². The molecule has 1 aromatic heterocycles. The summed E-state index contributed by atoms with van der Waals surface area (Å²) < 4.78 is 15.7. The van der Waals surface area contributed by atoms with Gasteiger partial charge in [0.05, 0.1) is 10.6 Å². The zero-order chi connectivity index (χ0) is 24.0. The number of nitrogens with two attached hydrogens (primary N) is 1. The highest BCUT2D eigenvalue weighted by atomic mass is 32.2. The van der Waals surface area contributed by atoms with E-state index < -0.39 is 11.0 Å². The van der Waals surface area contributed by atoms with E-state index in [1.807, 2.05) is 83.3 Å². The lowest BCUT2D eigenvalue weighted by Crippen LogP contribution is -2.37. The van der Waals surface area contributed by atoms with Gasteiger partial charge in [-0.2, -0.15) is 10.1 Å². The molecule has 5 N–H and O–H groups in total. The number of aryl methyl sites for hydroxylation is 1. The molecular formula is C23H30N8OS. The van der Waals surface area contributed by atoms with E-state index >= 15 is 0 Å². The molecule has 1 atom stereocenters. The largest absolute Gasteiger partial charge is 0.388 e. The Morgan fingerprint density at radius 3 is 2.48 bits per heavy atom. The third kappa shape index (κ3) is 6.99. The van der Waals surface area contributed by atoms with Crippen LogP contribution in [0.2, 0.25) is 0 Å². The number of anilines is 5. The van der Waals surface area contributed by atoms with Gasteiger partial charge in [0.2, 0.25) is 5.95 Å². The summed E-state index contributed by atoms with van der Waals surface area (Å²) in [5, 5.41) is 12.2. The zero-order valence-electron chi connectivity index (χ0n) is 19.5. The molecule has 1 unspecified atom stereocenters. The van der Waals surface area contributed by atoms with Crippen molar-refractivity contribution < 1.29 is 4.21 Å². The predicted octanol–water partition coefficient (Wildman–Crippen LogP) is 4.02. The Kier molecular flexibility index (Phi) is 7.62. The lowest BCUT2D eigenvalue weighted by atomic mass is 10.1. The van der Waals surface area contributed by atoms with Crippen LogP contribution in [0.4, 0.5) is 28.8 Å². The highest BCUT2D eigenvalue weighted by Gasteiger charge is 2.15. The molecule has 0 bridgehead atoms. The van der Waals surface area contributed by atoms with E-state index in [0.29, 0.717) is 16.7 Å². The molecule has 0 saturated heterocycles. The SMILES string of the molecule is Cc1cnc(Nc2ccc(N(C)/N=C\N)cc2)nc1Nc1cccc(S(=O)NC(C)(C)C)c1. The number of aromatic nitrogens is 2. The number of nitrogens with zero attached hydrogens (tertiary/aromatic N) is 4. The summed E-state index contributed by atoms with van der Waals surface area (Å²) in [7, 11) is 0.498. The minimum atomic E-state index is -1.32. The summed E-state index contributed by atoms with van der Waals surface area (Å²) in [5.41, 5.74) is 8.49. The first kappa shape index (κ1) is 24.1. The number of hydrogen-bond acceptors (Lipinski definition) is 7. The molecule has 0 radical (unpaired) electrons. The molecule has 9 nitrogen and oxygen atoms in total. The number of hydrogen-bond donors (Lipinski definition) is 4. The summed E-state index contributed by atoms with van der Waals surface area (Å²) in [5.74, 6) is 1.12. The van der Waals surface area contributed by atoms with Crippen molar-refractivity contribution in [1.82, 2.24) is 14.7 Å². The Morgan fingerprint density at radius 1 is 1.09 bits per heavy atom. The van der Waals surface area contributed by atoms with Gasteiger partial charge >= 0.3 is 0 Å². The normalized spacial score (nSPS) is 12.5. The summed E-state index contributed by atoms with van der Waals surface area (Å²) in [6, 6.07) is 15.1. The van der Waals surface area contributed by atoms with Crippen LogP contribution in [0.3, 0.4) is 0 Å². The lowest BCUT2D eigenvalue weighted by molar-refractivity contribution is 0.519. The lowest BCUT2D eigenvalue weighted by Gasteiger charge is -2.19. The van der Waals surface area contributed by atoms with Crippen molar-refractivity contribution in [3.63, 3.8) is 0 Å². The van der Waals surface area contributed by atoms with Gasteiger partial charge in [-0.1, -0.05) is 6.07 Å². The molecule has 3 aromatic rings. The van der Waals surface area contributed by atoms with Crippen molar-refractivity contribution in [2.75, 3.05) is 22.7 Å². The first-order valence-electron chi connectivity index (χ1n) is 10.4. The molecule has 0 aliphatic rings. The van der Waals surface area contributed by atoms with Crippen LogP contribution in [-0.2, 0) is 11.0 Å². The highest BCUT2D eigenvalue weighted by molar-refractivity contribution is 7.83. The van der Waals surface area contributed by atoms with Crippen molar-refractivity contribution in [1.29, 1.82) is 0 Å². The van der Waals surface area contributed by atoms with E-state index in [9.17, 15) is 4.21 Å². The maximum Gasteiger partial charge on any atom is 0.229 e. The van der Waals surface area contributed by atoms with Gasteiger partial charge in [-0.15, -0.1) is 0 Å². The summed E-state index contributed by atoms with van der Waals surface area (Å²) in [4.78, 5) is 9.67. The van der Waals surface area contributed by atoms with Gasteiger partial charge in [0, 0.05) is 35.7 Å². The maximum atomic E-state index is 12.6. The molecule has 0 aliphatic heterocycles. The Hall–Kier alpha value is -3.50. The van der Waals surface area contributed by atoms with E-state index in [2.05, 4.69) is 30.4 Å². The standard InChI is InChI=1S/C23H30N8OS/c1-16-14-25-22(28-17-9-11-19(12-10-17)31(5)26-15-24)29-21(16)27-18-7-6-8-20(13-18)33(32)30-23(2,3)4/h6-15,30H,1-5H3,(H2,24,26)(H2,25,27,28,29). The third-order valence-electron chi connectivity index (χ3n) is 4.42. The van der Waals surface area contributed by atoms with E-state index in [1.54, 1.807) is 11.2 Å². The van der Waals surface area contributed by atoms with Gasteiger partial charge in [0.25, 0.3) is 0 Å². The number of benzene rings is 2. The Morgan fingerprint density at radius 2 is 1.82 bits per heavy atom. The van der Waals surface area contributed by atoms with E-state index in [1.165, 1.54) is 6.34 Å². The molecular weight excluding hydrogens is 436 g/mol. The topological polar surface area (TPSA) is 121 Å². The number of nitrogens with one attached hydrogen (secondary N) is 3. The quantitative estimate of drug-likeness (QED) is 0.225. The Bertz CT molecular complexity index is 1140. The van der Waals surface area contributed by atoms with Crippen LogP contribution >= 0.6 is 0 Å². The molecule has 10 heteroatoms. The number of rotatable bonds is 8. The van der Waals surface area contributed by atoms with Crippen LogP contribution in [0.15, 0.2) is 64.7 Å². The van der Waals surface area contributed by atoms with Crippen LogP contribution < -0.4 is 26.1 Å². The van der Waals surface area contributed by atoms with E-state index in [-0.39, 0.29) is 5.54 Å². The Labute approximate surface area is 197 Å². The monoisotopic (exact) mass is 466 g/mol. The average Bonchev–Trinajstić information content (AvgIpc) is 2.76.